The van der Waals surface area contributed by atoms with Crippen molar-refractivity contribution in [1.82, 2.24) is 9.88 Å². The summed E-state index contributed by atoms with van der Waals surface area (Å²) in [5.41, 5.74) is 1.38. The Kier molecular flexibility index (Phi) is 6.98. The monoisotopic (exact) mass is 222 g/mol. The Bertz CT molecular complexity index is 265. The van der Waals surface area contributed by atoms with Gasteiger partial charge in [0.05, 0.1) is 0 Å². The van der Waals surface area contributed by atoms with Crippen LogP contribution in [0.4, 0.5) is 0 Å². The van der Waals surface area contributed by atoms with Gasteiger partial charge in [0.15, 0.2) is 0 Å². The topological polar surface area (TPSA) is 17.0 Å². The summed E-state index contributed by atoms with van der Waals surface area (Å²) in [6.07, 6.45) is 12.5. The lowest BCUT2D eigenvalue weighted by Gasteiger charge is -2.03. The fraction of sp³-hybridized carbons (Fsp3) is 0.714. The summed E-state index contributed by atoms with van der Waals surface area (Å²) in [4.78, 5) is 0. The minimum atomic E-state index is 1.01. The highest BCUT2D eigenvalue weighted by Crippen LogP contribution is 2.04. The number of nitrogens with zero attached hydrogens (tertiary/aromatic N) is 1. The third-order valence-electron chi connectivity index (χ3n) is 2.93. The molecule has 1 N–H and O–H groups in total. The first kappa shape index (κ1) is 13.3. The van der Waals surface area contributed by atoms with Crippen LogP contribution in [0.2, 0.25) is 0 Å². The standard InChI is InChI=1S/C14H26N2/c1-3-4-5-6-7-8-10-15-12-14-9-11-16(2)13-14/h9,11,13,15H,3-8,10,12H2,1-2H3. The Balaban J connectivity index is 1.88. The molecule has 0 amide bonds. The van der Waals surface area contributed by atoms with Gasteiger partial charge in [-0.1, -0.05) is 39.0 Å². The molecule has 0 bridgehead atoms. The summed E-state index contributed by atoms with van der Waals surface area (Å²) in [5.74, 6) is 0. The van der Waals surface area contributed by atoms with Crippen molar-refractivity contribution in [3.05, 3.63) is 24.0 Å². The molecule has 1 heterocycles. The molecule has 1 rings (SSSR count). The third-order valence-corrected chi connectivity index (χ3v) is 2.93. The molecule has 0 aliphatic carbocycles. The molecule has 92 valence electrons. The number of nitrogens with one attached hydrogen (secondary N) is 1. The predicted octanol–water partition coefficient (Wildman–Crippen LogP) is 3.48. The zero-order valence-corrected chi connectivity index (χ0v) is 10.8. The van der Waals surface area contributed by atoms with Crippen LogP contribution in [0.1, 0.15) is 51.0 Å². The van der Waals surface area contributed by atoms with Crippen molar-refractivity contribution in [3.63, 3.8) is 0 Å². The molecule has 0 saturated heterocycles. The normalized spacial score (nSPS) is 10.9. The van der Waals surface area contributed by atoms with Gasteiger partial charge < -0.3 is 9.88 Å². The number of rotatable bonds is 9. The van der Waals surface area contributed by atoms with Crippen LogP contribution < -0.4 is 5.32 Å². The first-order valence-electron chi connectivity index (χ1n) is 6.64. The van der Waals surface area contributed by atoms with Crippen molar-refractivity contribution in [2.24, 2.45) is 7.05 Å². The summed E-state index contributed by atoms with van der Waals surface area (Å²) in [6.45, 7) is 4.43. The van der Waals surface area contributed by atoms with E-state index in [0.29, 0.717) is 0 Å². The highest BCUT2D eigenvalue weighted by atomic mass is 14.9. The lowest BCUT2D eigenvalue weighted by Crippen LogP contribution is -2.14. The average molecular weight is 222 g/mol. The zero-order valence-electron chi connectivity index (χ0n) is 10.8. The maximum Gasteiger partial charge on any atom is 0.0220 e. The van der Waals surface area contributed by atoms with Crippen molar-refractivity contribution in [1.29, 1.82) is 0 Å². The van der Waals surface area contributed by atoms with Crippen molar-refractivity contribution in [2.75, 3.05) is 6.54 Å². The minimum absolute atomic E-state index is 1.01. The first-order valence-corrected chi connectivity index (χ1v) is 6.64. The molecule has 0 fully saturated rings. The summed E-state index contributed by atoms with van der Waals surface area (Å²) in [5, 5.41) is 3.49. The van der Waals surface area contributed by atoms with Crippen molar-refractivity contribution < 1.29 is 0 Å². The van der Waals surface area contributed by atoms with Gasteiger partial charge in [-0.2, -0.15) is 0 Å². The van der Waals surface area contributed by atoms with Crippen LogP contribution in [-0.2, 0) is 13.6 Å². The molecule has 0 unspecified atom stereocenters. The van der Waals surface area contributed by atoms with Crippen LogP contribution in [0.15, 0.2) is 18.5 Å². The largest absolute Gasteiger partial charge is 0.357 e. The molecular formula is C14H26N2. The summed E-state index contributed by atoms with van der Waals surface area (Å²) in [7, 11) is 2.07. The van der Waals surface area contributed by atoms with E-state index in [9.17, 15) is 0 Å². The average Bonchev–Trinajstić information content (AvgIpc) is 2.68. The van der Waals surface area contributed by atoms with Crippen LogP contribution in [0.25, 0.3) is 0 Å². The first-order chi connectivity index (χ1) is 7.83. The lowest BCUT2D eigenvalue weighted by atomic mass is 10.1. The van der Waals surface area contributed by atoms with Crippen LogP contribution in [0.5, 0.6) is 0 Å². The molecule has 2 heteroatoms. The molecule has 0 aliphatic heterocycles. The van der Waals surface area contributed by atoms with E-state index >= 15 is 0 Å². The minimum Gasteiger partial charge on any atom is -0.357 e. The van der Waals surface area contributed by atoms with Gasteiger partial charge in [-0.3, -0.25) is 0 Å². The van der Waals surface area contributed by atoms with Crippen LogP contribution >= 0.6 is 0 Å². The molecule has 0 saturated carbocycles. The van der Waals surface area contributed by atoms with Gasteiger partial charge >= 0.3 is 0 Å². The predicted molar refractivity (Wildman–Crippen MR) is 70.5 cm³/mol. The number of aryl methyl sites for hydroxylation is 1. The van der Waals surface area contributed by atoms with E-state index in [1.807, 2.05) is 0 Å². The van der Waals surface area contributed by atoms with Gasteiger partial charge in [-0.15, -0.1) is 0 Å². The Morgan fingerprint density at radius 3 is 2.56 bits per heavy atom. The SMILES string of the molecule is CCCCCCCCNCc1ccn(C)c1. The van der Waals surface area contributed by atoms with Gasteiger partial charge in [-0.25, -0.2) is 0 Å². The quantitative estimate of drug-likeness (QED) is 0.633. The lowest BCUT2D eigenvalue weighted by molar-refractivity contribution is 0.572. The molecule has 1 aromatic rings. The van der Waals surface area contributed by atoms with Crippen LogP contribution in [0, 0.1) is 0 Å². The van der Waals surface area contributed by atoms with Crippen molar-refractivity contribution >= 4 is 0 Å². The molecule has 16 heavy (non-hydrogen) atoms. The van der Waals surface area contributed by atoms with E-state index in [1.54, 1.807) is 0 Å². The number of unbranched alkanes of at least 4 members (excludes halogenated alkanes) is 5. The molecule has 0 radical (unpaired) electrons. The van der Waals surface area contributed by atoms with Crippen LogP contribution in [-0.4, -0.2) is 11.1 Å². The maximum absolute atomic E-state index is 3.49. The van der Waals surface area contributed by atoms with Gasteiger partial charge in [0.25, 0.3) is 0 Å². The Morgan fingerprint density at radius 2 is 1.88 bits per heavy atom. The van der Waals surface area contributed by atoms with Gasteiger partial charge in [-0.05, 0) is 24.6 Å². The Hall–Kier alpha value is -0.760. The molecule has 0 atom stereocenters. The Morgan fingerprint density at radius 1 is 1.12 bits per heavy atom. The number of aromatic nitrogens is 1. The van der Waals surface area contributed by atoms with Crippen molar-refractivity contribution in [3.8, 4) is 0 Å². The van der Waals surface area contributed by atoms with Crippen LogP contribution in [0.3, 0.4) is 0 Å². The van der Waals surface area contributed by atoms with Crippen molar-refractivity contribution in [2.45, 2.75) is 52.0 Å². The van der Waals surface area contributed by atoms with Gasteiger partial charge in [0.2, 0.25) is 0 Å². The highest BCUT2D eigenvalue weighted by Gasteiger charge is 1.94. The van der Waals surface area contributed by atoms with Gasteiger partial charge in [0.1, 0.15) is 0 Å². The van der Waals surface area contributed by atoms with Gasteiger partial charge in [0, 0.05) is 26.0 Å². The van der Waals surface area contributed by atoms with E-state index in [4.69, 9.17) is 0 Å². The second kappa shape index (κ2) is 8.40. The zero-order chi connectivity index (χ0) is 11.6. The fourth-order valence-electron chi connectivity index (χ4n) is 1.93. The maximum atomic E-state index is 3.49. The summed E-state index contributed by atoms with van der Waals surface area (Å²) < 4.78 is 2.10. The molecular weight excluding hydrogens is 196 g/mol. The third kappa shape index (κ3) is 5.96. The molecule has 2 nitrogen and oxygen atoms in total. The molecule has 0 spiro atoms. The fourth-order valence-corrected chi connectivity index (χ4v) is 1.93. The van der Waals surface area contributed by atoms with E-state index < -0.39 is 0 Å². The molecule has 0 aromatic carbocycles. The molecule has 0 aliphatic rings. The Labute approximate surface area is 100 Å². The summed E-state index contributed by atoms with van der Waals surface area (Å²) >= 11 is 0. The second-order valence-electron chi connectivity index (χ2n) is 4.63. The van der Waals surface area contributed by atoms with E-state index in [-0.39, 0.29) is 0 Å². The second-order valence-corrected chi connectivity index (χ2v) is 4.63. The molecule has 1 aromatic heterocycles. The number of hydrogen-bond acceptors (Lipinski definition) is 1. The smallest absolute Gasteiger partial charge is 0.0220 e. The van der Waals surface area contributed by atoms with E-state index in [1.165, 1.54) is 44.1 Å². The summed E-state index contributed by atoms with van der Waals surface area (Å²) in [6, 6.07) is 2.17. The number of hydrogen-bond donors (Lipinski definition) is 1. The van der Waals surface area contributed by atoms with E-state index in [2.05, 4.69) is 42.3 Å². The highest BCUT2D eigenvalue weighted by molar-refractivity contribution is 5.09. The van der Waals surface area contributed by atoms with E-state index in [0.717, 1.165) is 13.1 Å².